The minimum atomic E-state index is -3.63. The van der Waals surface area contributed by atoms with Crippen molar-refractivity contribution in [1.82, 2.24) is 4.90 Å². The summed E-state index contributed by atoms with van der Waals surface area (Å²) in [6, 6.07) is 10.0. The zero-order valence-electron chi connectivity index (χ0n) is 17.8. The molecule has 1 aliphatic heterocycles. The van der Waals surface area contributed by atoms with Crippen molar-refractivity contribution in [3.05, 3.63) is 64.2 Å². The van der Waals surface area contributed by atoms with Crippen molar-refractivity contribution in [2.75, 3.05) is 24.2 Å². The van der Waals surface area contributed by atoms with Crippen molar-refractivity contribution >= 4 is 33.5 Å². The number of imide groups is 1. The molecule has 1 heterocycles. The maximum Gasteiger partial charge on any atom is 0.264 e. The molecule has 31 heavy (non-hydrogen) atoms. The smallest absolute Gasteiger partial charge is 0.264 e. The first kappa shape index (κ1) is 22.6. The van der Waals surface area contributed by atoms with E-state index in [1.165, 1.54) is 4.90 Å². The fraction of sp³-hybridized carbons (Fsp3) is 0.318. The Balaban J connectivity index is 1.86. The molecule has 2 aromatic rings. The molecule has 164 valence electrons. The van der Waals surface area contributed by atoms with Crippen LogP contribution in [0.5, 0.6) is 0 Å². The number of hydrogen-bond donors (Lipinski definition) is 0. The first-order chi connectivity index (χ1) is 14.5. The third-order valence-electron chi connectivity index (χ3n) is 5.30. The van der Waals surface area contributed by atoms with Crippen molar-refractivity contribution in [3.63, 3.8) is 0 Å². The molecule has 0 aromatic heterocycles. The number of fused-ring (bicyclic) bond motifs is 1. The number of likely N-dealkylation sites (N-methyl/N-ethyl adjacent to an activating group) is 1. The van der Waals surface area contributed by atoms with Crippen LogP contribution in [0.3, 0.4) is 0 Å². The van der Waals surface area contributed by atoms with Gasteiger partial charge in [-0.2, -0.15) is 8.42 Å². The Hall–Kier alpha value is -3.04. The molecule has 9 heteroatoms. The van der Waals surface area contributed by atoms with Crippen molar-refractivity contribution in [2.45, 2.75) is 27.4 Å². The topological polar surface area (TPSA) is 101 Å². The second-order valence-electron chi connectivity index (χ2n) is 7.35. The van der Waals surface area contributed by atoms with Gasteiger partial charge in [0.1, 0.15) is 6.54 Å². The quantitative estimate of drug-likeness (QED) is 0.480. The van der Waals surface area contributed by atoms with Crippen LogP contribution in [0, 0.1) is 13.8 Å². The Kier molecular flexibility index (Phi) is 6.28. The highest BCUT2D eigenvalue weighted by Gasteiger charge is 2.37. The van der Waals surface area contributed by atoms with Crippen molar-refractivity contribution in [3.8, 4) is 0 Å². The zero-order valence-corrected chi connectivity index (χ0v) is 18.7. The summed E-state index contributed by atoms with van der Waals surface area (Å²) in [4.78, 5) is 40.7. The second-order valence-corrected chi connectivity index (χ2v) is 9.00. The van der Waals surface area contributed by atoms with Crippen LogP contribution in [0.2, 0.25) is 0 Å². The predicted molar refractivity (Wildman–Crippen MR) is 115 cm³/mol. The highest BCUT2D eigenvalue weighted by molar-refractivity contribution is 7.85. The molecule has 0 bridgehead atoms. The third-order valence-corrected chi connectivity index (χ3v) is 5.85. The molecule has 0 saturated carbocycles. The molecule has 0 saturated heterocycles. The van der Waals surface area contributed by atoms with Crippen LogP contribution in [-0.4, -0.2) is 50.4 Å². The van der Waals surface area contributed by atoms with Gasteiger partial charge in [0.2, 0.25) is 5.91 Å². The predicted octanol–water partition coefficient (Wildman–Crippen LogP) is 2.43. The third kappa shape index (κ3) is 4.52. The van der Waals surface area contributed by atoms with Gasteiger partial charge in [-0.1, -0.05) is 18.2 Å². The molecule has 0 spiro atoms. The van der Waals surface area contributed by atoms with Crippen molar-refractivity contribution in [1.29, 1.82) is 0 Å². The van der Waals surface area contributed by atoms with E-state index in [9.17, 15) is 22.8 Å². The molecule has 0 radical (unpaired) electrons. The van der Waals surface area contributed by atoms with E-state index < -0.39 is 27.8 Å². The van der Waals surface area contributed by atoms with Gasteiger partial charge in [-0.15, -0.1) is 0 Å². The van der Waals surface area contributed by atoms with Gasteiger partial charge in [-0.3, -0.25) is 23.5 Å². The summed E-state index contributed by atoms with van der Waals surface area (Å²) in [5.41, 5.74) is 3.33. The number of carbonyl (C=O) groups excluding carboxylic acids is 3. The molecule has 2 aromatic carbocycles. The van der Waals surface area contributed by atoms with Crippen molar-refractivity contribution < 1.29 is 27.0 Å². The summed E-state index contributed by atoms with van der Waals surface area (Å²) >= 11 is 0. The molecule has 3 amide bonds. The van der Waals surface area contributed by atoms with Crippen LogP contribution < -0.4 is 4.90 Å². The molecule has 0 atom stereocenters. The van der Waals surface area contributed by atoms with Crippen LogP contribution >= 0.6 is 0 Å². The summed E-state index contributed by atoms with van der Waals surface area (Å²) in [5.74, 6) is -1.40. The van der Waals surface area contributed by atoms with Crippen LogP contribution in [0.15, 0.2) is 36.4 Å². The monoisotopic (exact) mass is 444 g/mol. The van der Waals surface area contributed by atoms with E-state index in [0.717, 1.165) is 16.7 Å². The largest absolute Gasteiger partial charge is 0.311 e. The van der Waals surface area contributed by atoms with E-state index in [4.69, 9.17) is 4.18 Å². The molecule has 0 unspecified atom stereocenters. The molecule has 3 rings (SSSR count). The van der Waals surface area contributed by atoms with Crippen LogP contribution in [0.1, 0.15) is 44.3 Å². The van der Waals surface area contributed by atoms with Gasteiger partial charge in [0, 0.05) is 12.2 Å². The van der Waals surface area contributed by atoms with E-state index in [2.05, 4.69) is 0 Å². The van der Waals surface area contributed by atoms with E-state index >= 15 is 0 Å². The average Bonchev–Trinajstić information content (AvgIpc) is 2.94. The van der Waals surface area contributed by atoms with Crippen LogP contribution in [0.25, 0.3) is 0 Å². The fourth-order valence-electron chi connectivity index (χ4n) is 3.64. The molecular weight excluding hydrogens is 420 g/mol. The van der Waals surface area contributed by atoms with Crippen LogP contribution in [0.4, 0.5) is 5.69 Å². The number of benzene rings is 2. The standard InChI is InChI=1S/C22H24N2O6S/c1-5-23(19-11-10-14(2)18(15(19)3)13-30-31(4,28)29)20(25)12-24-21(26)16-8-6-7-9-17(16)22(24)27/h6-11H,5,12-13H2,1-4H3. The fourth-order valence-corrected chi connectivity index (χ4v) is 3.98. The Bertz CT molecular complexity index is 1140. The maximum atomic E-state index is 13.1. The number of nitrogens with zero attached hydrogens (tertiary/aromatic N) is 2. The number of carbonyl (C=O) groups is 3. The SMILES string of the molecule is CCN(C(=O)CN1C(=O)c2ccccc2C1=O)c1ccc(C)c(COS(C)(=O)=O)c1C. The lowest BCUT2D eigenvalue weighted by Crippen LogP contribution is -2.43. The van der Waals surface area contributed by atoms with Gasteiger partial charge in [0.25, 0.3) is 21.9 Å². The Morgan fingerprint density at radius 2 is 1.61 bits per heavy atom. The first-order valence-electron chi connectivity index (χ1n) is 9.74. The Morgan fingerprint density at radius 3 is 2.13 bits per heavy atom. The molecule has 1 aliphatic rings. The lowest BCUT2D eigenvalue weighted by atomic mass is 10.0. The normalized spacial score (nSPS) is 13.5. The van der Waals surface area contributed by atoms with E-state index in [1.807, 2.05) is 6.92 Å². The molecule has 0 fully saturated rings. The lowest BCUT2D eigenvalue weighted by molar-refractivity contribution is -0.118. The van der Waals surface area contributed by atoms with E-state index in [-0.39, 0.29) is 24.3 Å². The molecular formula is C22H24N2O6S. The molecule has 8 nitrogen and oxygen atoms in total. The number of rotatable bonds is 7. The molecule has 0 aliphatic carbocycles. The lowest BCUT2D eigenvalue weighted by Gasteiger charge is -2.26. The minimum absolute atomic E-state index is 0.144. The molecule has 0 N–H and O–H groups in total. The van der Waals surface area contributed by atoms with Gasteiger partial charge in [0.05, 0.1) is 24.0 Å². The van der Waals surface area contributed by atoms with E-state index in [1.54, 1.807) is 50.2 Å². The van der Waals surface area contributed by atoms with Gasteiger partial charge >= 0.3 is 0 Å². The van der Waals surface area contributed by atoms with Gasteiger partial charge in [-0.05, 0) is 55.7 Å². The van der Waals surface area contributed by atoms with E-state index in [0.29, 0.717) is 23.4 Å². The summed E-state index contributed by atoms with van der Waals surface area (Å²) in [6.45, 7) is 5.16. The summed E-state index contributed by atoms with van der Waals surface area (Å²) < 4.78 is 27.8. The number of aryl methyl sites for hydroxylation is 1. The minimum Gasteiger partial charge on any atom is -0.311 e. The van der Waals surface area contributed by atoms with Gasteiger partial charge in [0.15, 0.2) is 0 Å². The van der Waals surface area contributed by atoms with Gasteiger partial charge < -0.3 is 4.90 Å². The van der Waals surface area contributed by atoms with Crippen molar-refractivity contribution in [2.24, 2.45) is 0 Å². The first-order valence-corrected chi connectivity index (χ1v) is 11.6. The number of anilines is 1. The van der Waals surface area contributed by atoms with Gasteiger partial charge in [-0.25, -0.2) is 0 Å². The summed E-state index contributed by atoms with van der Waals surface area (Å²) in [5, 5.41) is 0. The Morgan fingerprint density at radius 1 is 1.03 bits per heavy atom. The highest BCUT2D eigenvalue weighted by Crippen LogP contribution is 2.28. The second kappa shape index (κ2) is 8.60. The van der Waals surface area contributed by atoms with Crippen LogP contribution in [-0.2, 0) is 25.7 Å². The average molecular weight is 445 g/mol. The summed E-state index contributed by atoms with van der Waals surface area (Å²) in [7, 11) is -3.63. The summed E-state index contributed by atoms with van der Waals surface area (Å²) in [6.07, 6.45) is 0.978. The number of amides is 3. The maximum absolute atomic E-state index is 13.1. The Labute approximate surface area is 181 Å². The number of hydrogen-bond acceptors (Lipinski definition) is 6. The highest BCUT2D eigenvalue weighted by atomic mass is 32.2. The zero-order chi connectivity index (χ0) is 22.9.